The van der Waals surface area contributed by atoms with Crippen LogP contribution >= 0.6 is 11.6 Å². The quantitative estimate of drug-likeness (QED) is 0.503. The SMILES string of the molecule is CC(C)OCc1nnc(-c2cc(Cl)ccc2NS(=O)(=O)c2ccc(C(C)(C)C)cc2)o1. The van der Waals surface area contributed by atoms with Crippen molar-refractivity contribution in [2.24, 2.45) is 0 Å². The van der Waals surface area contributed by atoms with Crippen molar-refractivity contribution >= 4 is 27.3 Å². The molecule has 1 heterocycles. The Morgan fingerprint density at radius 3 is 2.39 bits per heavy atom. The number of ether oxygens (including phenoxy) is 1. The highest BCUT2D eigenvalue weighted by Gasteiger charge is 2.21. The Morgan fingerprint density at radius 2 is 1.77 bits per heavy atom. The molecule has 2 aromatic carbocycles. The van der Waals surface area contributed by atoms with E-state index in [9.17, 15) is 8.42 Å². The molecule has 0 spiro atoms. The van der Waals surface area contributed by atoms with Crippen LogP contribution in [0.4, 0.5) is 5.69 Å². The van der Waals surface area contributed by atoms with Crippen LogP contribution in [0.2, 0.25) is 5.02 Å². The van der Waals surface area contributed by atoms with Crippen LogP contribution in [0.25, 0.3) is 11.5 Å². The van der Waals surface area contributed by atoms with Crippen molar-refractivity contribution in [2.75, 3.05) is 4.72 Å². The molecular formula is C22H26ClN3O4S. The number of hydrogen-bond donors (Lipinski definition) is 1. The molecule has 9 heteroatoms. The van der Waals surface area contributed by atoms with Crippen molar-refractivity contribution in [1.29, 1.82) is 0 Å². The van der Waals surface area contributed by atoms with E-state index in [2.05, 4.69) is 35.7 Å². The Bertz CT molecular complexity index is 1150. The van der Waals surface area contributed by atoms with Crippen LogP contribution in [0.15, 0.2) is 51.8 Å². The minimum absolute atomic E-state index is 0.00793. The minimum atomic E-state index is -3.84. The van der Waals surface area contributed by atoms with Gasteiger partial charge < -0.3 is 9.15 Å². The molecule has 0 aliphatic heterocycles. The number of aromatic nitrogens is 2. The molecular weight excluding hydrogens is 438 g/mol. The van der Waals surface area contributed by atoms with E-state index in [1.165, 1.54) is 0 Å². The molecule has 0 aliphatic carbocycles. The standard InChI is InChI=1S/C22H26ClN3O4S/c1-14(2)29-13-20-24-25-21(30-20)18-12-16(23)8-11-19(18)26-31(27,28)17-9-6-15(7-10-17)22(3,4)5/h6-12,14,26H,13H2,1-5H3. The third-order valence-corrected chi connectivity index (χ3v) is 6.11. The van der Waals surface area contributed by atoms with E-state index in [0.717, 1.165) is 5.56 Å². The van der Waals surface area contributed by atoms with Crippen LogP contribution in [0.3, 0.4) is 0 Å². The van der Waals surface area contributed by atoms with Crippen LogP contribution in [0.5, 0.6) is 0 Å². The summed E-state index contributed by atoms with van der Waals surface area (Å²) in [6.07, 6.45) is 0.00793. The molecule has 0 unspecified atom stereocenters. The fraction of sp³-hybridized carbons (Fsp3) is 0.364. The van der Waals surface area contributed by atoms with Gasteiger partial charge in [0.2, 0.25) is 11.8 Å². The zero-order valence-corrected chi connectivity index (χ0v) is 19.7. The number of hydrogen-bond acceptors (Lipinski definition) is 6. The Labute approximate surface area is 187 Å². The maximum atomic E-state index is 13.0. The maximum Gasteiger partial charge on any atom is 0.261 e. The number of halogens is 1. The van der Waals surface area contributed by atoms with Crippen LogP contribution in [-0.2, 0) is 26.8 Å². The second-order valence-electron chi connectivity index (χ2n) is 8.43. The number of rotatable bonds is 7. The average molecular weight is 464 g/mol. The zero-order chi connectivity index (χ0) is 22.8. The van der Waals surface area contributed by atoms with E-state index in [1.807, 2.05) is 26.0 Å². The van der Waals surface area contributed by atoms with E-state index in [-0.39, 0.29) is 40.5 Å². The summed E-state index contributed by atoms with van der Waals surface area (Å²) in [5, 5.41) is 8.39. The van der Waals surface area contributed by atoms with E-state index in [1.54, 1.807) is 30.3 Å². The van der Waals surface area contributed by atoms with Crippen molar-refractivity contribution in [3.05, 3.63) is 58.9 Å². The first-order valence-corrected chi connectivity index (χ1v) is 11.7. The number of benzene rings is 2. The van der Waals surface area contributed by atoms with Gasteiger partial charge in [-0.05, 0) is 55.2 Å². The highest BCUT2D eigenvalue weighted by Crippen LogP contribution is 2.32. The van der Waals surface area contributed by atoms with Gasteiger partial charge in [-0.2, -0.15) is 0 Å². The van der Waals surface area contributed by atoms with Gasteiger partial charge in [-0.1, -0.05) is 44.5 Å². The lowest BCUT2D eigenvalue weighted by Gasteiger charge is -2.19. The summed E-state index contributed by atoms with van der Waals surface area (Å²) in [6, 6.07) is 11.5. The van der Waals surface area contributed by atoms with Crippen LogP contribution in [0, 0.1) is 0 Å². The van der Waals surface area contributed by atoms with E-state index < -0.39 is 10.0 Å². The summed E-state index contributed by atoms with van der Waals surface area (Å²) in [5.41, 5.74) is 1.63. The zero-order valence-electron chi connectivity index (χ0n) is 18.1. The molecule has 0 aliphatic rings. The lowest BCUT2D eigenvalue weighted by atomic mass is 9.87. The number of anilines is 1. The Hall–Kier alpha value is -2.42. The molecule has 7 nitrogen and oxygen atoms in total. The summed E-state index contributed by atoms with van der Waals surface area (Å²) >= 11 is 6.13. The van der Waals surface area contributed by atoms with Gasteiger partial charge in [-0.25, -0.2) is 8.42 Å². The van der Waals surface area contributed by atoms with Gasteiger partial charge in [0, 0.05) is 5.02 Å². The van der Waals surface area contributed by atoms with Crippen LogP contribution in [-0.4, -0.2) is 24.7 Å². The summed E-state index contributed by atoms with van der Waals surface area (Å²) < 4.78 is 39.7. The van der Waals surface area contributed by atoms with Crippen LogP contribution < -0.4 is 4.72 Å². The predicted molar refractivity (Wildman–Crippen MR) is 121 cm³/mol. The molecule has 0 amide bonds. The first-order chi connectivity index (χ1) is 14.5. The van der Waals surface area contributed by atoms with Crippen molar-refractivity contribution in [3.8, 4) is 11.5 Å². The molecule has 31 heavy (non-hydrogen) atoms. The Balaban J connectivity index is 1.90. The third kappa shape index (κ3) is 5.84. The molecule has 166 valence electrons. The van der Waals surface area contributed by atoms with Gasteiger partial charge in [-0.15, -0.1) is 10.2 Å². The summed E-state index contributed by atoms with van der Waals surface area (Å²) in [5.74, 6) is 0.431. The molecule has 3 rings (SSSR count). The molecule has 0 bridgehead atoms. The fourth-order valence-corrected chi connectivity index (χ4v) is 4.03. The summed E-state index contributed by atoms with van der Waals surface area (Å²) in [7, 11) is -3.84. The first-order valence-electron chi connectivity index (χ1n) is 9.83. The fourth-order valence-electron chi connectivity index (χ4n) is 2.78. The number of sulfonamides is 1. The topological polar surface area (TPSA) is 94.3 Å². The maximum absolute atomic E-state index is 13.0. The van der Waals surface area contributed by atoms with Gasteiger partial charge in [0.1, 0.15) is 6.61 Å². The second-order valence-corrected chi connectivity index (χ2v) is 10.5. The molecule has 0 saturated heterocycles. The third-order valence-electron chi connectivity index (χ3n) is 4.49. The van der Waals surface area contributed by atoms with Gasteiger partial charge in [-0.3, -0.25) is 4.72 Å². The largest absolute Gasteiger partial charge is 0.418 e. The Morgan fingerprint density at radius 1 is 1.10 bits per heavy atom. The molecule has 3 aromatic rings. The van der Waals surface area contributed by atoms with Crippen molar-refractivity contribution in [1.82, 2.24) is 10.2 Å². The summed E-state index contributed by atoms with van der Waals surface area (Å²) in [6.45, 7) is 10.2. The second kappa shape index (κ2) is 8.98. The van der Waals surface area contributed by atoms with Gasteiger partial charge in [0.15, 0.2) is 0 Å². The monoisotopic (exact) mass is 463 g/mol. The Kier molecular flexibility index (Phi) is 6.73. The first kappa shape index (κ1) is 23.2. The molecule has 1 N–H and O–H groups in total. The summed E-state index contributed by atoms with van der Waals surface area (Å²) in [4.78, 5) is 0.151. The van der Waals surface area contributed by atoms with Gasteiger partial charge in [0.05, 0.1) is 22.3 Å². The molecule has 0 fully saturated rings. The molecule has 0 saturated carbocycles. The number of nitrogens with one attached hydrogen (secondary N) is 1. The molecule has 0 radical (unpaired) electrons. The van der Waals surface area contributed by atoms with Crippen molar-refractivity contribution in [3.63, 3.8) is 0 Å². The van der Waals surface area contributed by atoms with Gasteiger partial charge >= 0.3 is 0 Å². The highest BCUT2D eigenvalue weighted by atomic mass is 35.5. The predicted octanol–water partition coefficient (Wildman–Crippen LogP) is 5.41. The average Bonchev–Trinajstić information content (AvgIpc) is 3.16. The van der Waals surface area contributed by atoms with E-state index in [4.69, 9.17) is 20.8 Å². The number of nitrogens with zero attached hydrogens (tertiary/aromatic N) is 2. The molecule has 1 aromatic heterocycles. The lowest BCUT2D eigenvalue weighted by molar-refractivity contribution is 0.0519. The normalized spacial score (nSPS) is 12.4. The highest BCUT2D eigenvalue weighted by molar-refractivity contribution is 7.92. The van der Waals surface area contributed by atoms with Crippen LogP contribution in [0.1, 0.15) is 46.1 Å². The van der Waals surface area contributed by atoms with Gasteiger partial charge in [0.25, 0.3) is 10.0 Å². The molecule has 0 atom stereocenters. The smallest absolute Gasteiger partial charge is 0.261 e. The van der Waals surface area contributed by atoms with E-state index >= 15 is 0 Å². The van der Waals surface area contributed by atoms with Crippen molar-refractivity contribution < 1.29 is 17.6 Å². The lowest BCUT2D eigenvalue weighted by Crippen LogP contribution is -2.15. The van der Waals surface area contributed by atoms with E-state index in [0.29, 0.717) is 10.6 Å². The van der Waals surface area contributed by atoms with Crippen molar-refractivity contribution in [2.45, 2.75) is 57.6 Å². The minimum Gasteiger partial charge on any atom is -0.418 e.